The van der Waals surface area contributed by atoms with Gasteiger partial charge in [-0.2, -0.15) is 0 Å². The van der Waals surface area contributed by atoms with Gasteiger partial charge in [0, 0.05) is 25.6 Å². The fourth-order valence-corrected chi connectivity index (χ4v) is 2.53. The molecular formula is C13H27Cl2N3O. The van der Waals surface area contributed by atoms with Crippen LogP contribution in [0.2, 0.25) is 0 Å². The summed E-state index contributed by atoms with van der Waals surface area (Å²) >= 11 is 0. The maximum atomic E-state index is 12.0. The van der Waals surface area contributed by atoms with Crippen molar-refractivity contribution >= 4 is 30.7 Å². The molecule has 4 nitrogen and oxygen atoms in total. The lowest BCUT2D eigenvalue weighted by molar-refractivity contribution is -0.126. The summed E-state index contributed by atoms with van der Waals surface area (Å²) in [5, 5.41) is 6.31. The van der Waals surface area contributed by atoms with E-state index in [9.17, 15) is 4.79 Å². The molecule has 0 bridgehead atoms. The lowest BCUT2D eigenvalue weighted by atomic mass is 10.0. The molecule has 19 heavy (non-hydrogen) atoms. The summed E-state index contributed by atoms with van der Waals surface area (Å²) in [5.74, 6) is 0.856. The van der Waals surface area contributed by atoms with Crippen LogP contribution in [0.25, 0.3) is 0 Å². The SMILES string of the molecule is CC(C(=O)NCC1CNC1)N1CCCCCC1.Cl.Cl. The van der Waals surface area contributed by atoms with Crippen LogP contribution in [0.5, 0.6) is 0 Å². The van der Waals surface area contributed by atoms with Crippen LogP contribution in [0.1, 0.15) is 32.6 Å². The zero-order valence-electron chi connectivity index (χ0n) is 11.7. The van der Waals surface area contributed by atoms with Crippen LogP contribution in [-0.4, -0.2) is 49.6 Å². The van der Waals surface area contributed by atoms with E-state index >= 15 is 0 Å². The molecule has 2 N–H and O–H groups in total. The topological polar surface area (TPSA) is 44.4 Å². The number of halogens is 2. The zero-order chi connectivity index (χ0) is 12.1. The lowest BCUT2D eigenvalue weighted by Crippen LogP contribution is -2.51. The van der Waals surface area contributed by atoms with Crippen LogP contribution in [0, 0.1) is 5.92 Å². The number of nitrogens with zero attached hydrogens (tertiary/aromatic N) is 1. The molecule has 6 heteroatoms. The van der Waals surface area contributed by atoms with Crippen molar-refractivity contribution in [3.8, 4) is 0 Å². The predicted molar refractivity (Wildman–Crippen MR) is 83.4 cm³/mol. The van der Waals surface area contributed by atoms with Crippen molar-refractivity contribution in [2.24, 2.45) is 5.92 Å². The summed E-state index contributed by atoms with van der Waals surface area (Å²) < 4.78 is 0. The van der Waals surface area contributed by atoms with E-state index in [0.29, 0.717) is 5.92 Å². The third-order valence-corrected chi connectivity index (χ3v) is 4.00. The Bertz CT molecular complexity index is 254. The minimum Gasteiger partial charge on any atom is -0.354 e. The number of carbonyl (C=O) groups excluding carboxylic acids is 1. The van der Waals surface area contributed by atoms with Gasteiger partial charge in [-0.15, -0.1) is 24.8 Å². The highest BCUT2D eigenvalue weighted by Gasteiger charge is 2.23. The third-order valence-electron chi connectivity index (χ3n) is 4.00. The quantitative estimate of drug-likeness (QED) is 0.825. The van der Waals surface area contributed by atoms with E-state index < -0.39 is 0 Å². The first-order valence-electron chi connectivity index (χ1n) is 7.00. The molecule has 0 spiro atoms. The molecule has 0 aliphatic carbocycles. The van der Waals surface area contributed by atoms with E-state index in [-0.39, 0.29) is 36.8 Å². The number of carbonyl (C=O) groups is 1. The van der Waals surface area contributed by atoms with Crippen molar-refractivity contribution in [1.29, 1.82) is 0 Å². The Morgan fingerprint density at radius 3 is 2.26 bits per heavy atom. The average molecular weight is 312 g/mol. The molecule has 114 valence electrons. The molecule has 0 saturated carbocycles. The molecule has 0 radical (unpaired) electrons. The van der Waals surface area contributed by atoms with Crippen molar-refractivity contribution in [2.75, 3.05) is 32.7 Å². The Morgan fingerprint density at radius 1 is 1.21 bits per heavy atom. The molecule has 1 atom stereocenters. The van der Waals surface area contributed by atoms with Crippen LogP contribution < -0.4 is 10.6 Å². The van der Waals surface area contributed by atoms with E-state index in [4.69, 9.17) is 0 Å². The molecule has 2 heterocycles. The third kappa shape index (κ3) is 5.86. The van der Waals surface area contributed by atoms with Gasteiger partial charge >= 0.3 is 0 Å². The fraction of sp³-hybridized carbons (Fsp3) is 0.923. The maximum absolute atomic E-state index is 12.0. The first-order valence-corrected chi connectivity index (χ1v) is 7.00. The molecule has 0 aromatic carbocycles. The number of amides is 1. The maximum Gasteiger partial charge on any atom is 0.237 e. The Balaban J connectivity index is 0.00000162. The number of rotatable bonds is 4. The molecule has 2 fully saturated rings. The van der Waals surface area contributed by atoms with Gasteiger partial charge in [0.2, 0.25) is 5.91 Å². The van der Waals surface area contributed by atoms with Gasteiger partial charge in [0.25, 0.3) is 0 Å². The molecule has 1 amide bonds. The van der Waals surface area contributed by atoms with Crippen LogP contribution >= 0.6 is 24.8 Å². The number of hydrogen-bond acceptors (Lipinski definition) is 3. The summed E-state index contributed by atoms with van der Waals surface area (Å²) in [4.78, 5) is 14.4. The first-order chi connectivity index (χ1) is 8.27. The van der Waals surface area contributed by atoms with E-state index in [0.717, 1.165) is 32.7 Å². The number of likely N-dealkylation sites (tertiary alicyclic amines) is 1. The molecule has 2 aliphatic rings. The monoisotopic (exact) mass is 311 g/mol. The van der Waals surface area contributed by atoms with E-state index in [1.807, 2.05) is 6.92 Å². The number of hydrogen-bond donors (Lipinski definition) is 2. The minimum atomic E-state index is 0. The van der Waals surface area contributed by atoms with Crippen molar-refractivity contribution in [1.82, 2.24) is 15.5 Å². The Kier molecular flexibility index (Phi) is 9.79. The Morgan fingerprint density at radius 2 is 1.79 bits per heavy atom. The molecule has 2 saturated heterocycles. The van der Waals surface area contributed by atoms with Crippen molar-refractivity contribution in [3.63, 3.8) is 0 Å². The molecule has 0 aromatic heterocycles. The van der Waals surface area contributed by atoms with Crippen LogP contribution in [0.3, 0.4) is 0 Å². The second kappa shape index (κ2) is 9.81. The smallest absolute Gasteiger partial charge is 0.237 e. The molecule has 0 aromatic rings. The summed E-state index contributed by atoms with van der Waals surface area (Å²) in [6.07, 6.45) is 5.12. The van der Waals surface area contributed by atoms with Gasteiger partial charge in [-0.25, -0.2) is 0 Å². The minimum absolute atomic E-state index is 0. The van der Waals surface area contributed by atoms with Crippen molar-refractivity contribution in [3.05, 3.63) is 0 Å². The van der Waals surface area contributed by atoms with Gasteiger partial charge in [0.1, 0.15) is 0 Å². The lowest BCUT2D eigenvalue weighted by Gasteiger charge is -2.30. The largest absolute Gasteiger partial charge is 0.354 e. The highest BCUT2D eigenvalue weighted by atomic mass is 35.5. The van der Waals surface area contributed by atoms with E-state index in [2.05, 4.69) is 15.5 Å². The molecule has 2 rings (SSSR count). The second-order valence-electron chi connectivity index (χ2n) is 5.40. The van der Waals surface area contributed by atoms with Gasteiger partial charge in [0.05, 0.1) is 6.04 Å². The Hall–Kier alpha value is -0.0300. The molecule has 1 unspecified atom stereocenters. The standard InChI is InChI=1S/C13H25N3O.2ClH/c1-11(16-6-4-2-3-5-7-16)13(17)15-10-12-8-14-9-12;;/h11-12,14H,2-10H2,1H3,(H,15,17);2*1H. The van der Waals surface area contributed by atoms with Gasteiger partial charge in [0.15, 0.2) is 0 Å². The highest BCUT2D eigenvalue weighted by Crippen LogP contribution is 2.12. The van der Waals surface area contributed by atoms with E-state index in [1.165, 1.54) is 25.7 Å². The van der Waals surface area contributed by atoms with Crippen LogP contribution in [0.15, 0.2) is 0 Å². The predicted octanol–water partition coefficient (Wildman–Crippen LogP) is 1.43. The van der Waals surface area contributed by atoms with E-state index in [1.54, 1.807) is 0 Å². The van der Waals surface area contributed by atoms with Crippen LogP contribution in [0.4, 0.5) is 0 Å². The average Bonchev–Trinajstić information content (AvgIpc) is 2.54. The van der Waals surface area contributed by atoms with Gasteiger partial charge in [-0.1, -0.05) is 12.8 Å². The molecular weight excluding hydrogens is 285 g/mol. The highest BCUT2D eigenvalue weighted by molar-refractivity contribution is 5.85. The molecule has 2 aliphatic heterocycles. The summed E-state index contributed by atoms with van der Waals surface area (Å²) in [6.45, 7) is 7.15. The Labute approximate surface area is 128 Å². The first kappa shape index (κ1) is 19.0. The normalized spacial score (nSPS) is 22.2. The second-order valence-corrected chi connectivity index (χ2v) is 5.40. The van der Waals surface area contributed by atoms with Crippen molar-refractivity contribution < 1.29 is 4.79 Å². The van der Waals surface area contributed by atoms with Crippen LogP contribution in [-0.2, 0) is 4.79 Å². The van der Waals surface area contributed by atoms with Crippen molar-refractivity contribution in [2.45, 2.75) is 38.6 Å². The fourth-order valence-electron chi connectivity index (χ4n) is 2.53. The number of nitrogens with one attached hydrogen (secondary N) is 2. The summed E-state index contributed by atoms with van der Waals surface area (Å²) in [6, 6.07) is 0.0427. The summed E-state index contributed by atoms with van der Waals surface area (Å²) in [5.41, 5.74) is 0. The summed E-state index contributed by atoms with van der Waals surface area (Å²) in [7, 11) is 0. The van der Waals surface area contributed by atoms with Gasteiger partial charge < -0.3 is 10.6 Å². The van der Waals surface area contributed by atoms with Gasteiger partial charge in [-0.3, -0.25) is 9.69 Å². The van der Waals surface area contributed by atoms with Gasteiger partial charge in [-0.05, 0) is 32.9 Å². The zero-order valence-corrected chi connectivity index (χ0v) is 13.3.